The van der Waals surface area contributed by atoms with Crippen LogP contribution < -0.4 is 15.0 Å². The van der Waals surface area contributed by atoms with Gasteiger partial charge in [-0.3, -0.25) is 14.5 Å². The monoisotopic (exact) mass is 439 g/mol. The average molecular weight is 441 g/mol. The number of rotatable bonds is 3. The molecule has 0 saturated carbocycles. The molecular weight excluding hydrogens is 430 g/mol. The van der Waals surface area contributed by atoms with Crippen LogP contribution in [0.4, 0.5) is 11.5 Å². The van der Waals surface area contributed by atoms with Crippen LogP contribution in [0.2, 0.25) is 0 Å². The quantitative estimate of drug-likeness (QED) is 0.796. The fourth-order valence-corrected chi connectivity index (χ4v) is 2.70. The molecule has 0 fully saturated rings. The van der Waals surface area contributed by atoms with Gasteiger partial charge in [-0.1, -0.05) is 15.9 Å². The lowest BCUT2D eigenvalue weighted by Gasteiger charge is -2.28. The van der Waals surface area contributed by atoms with E-state index >= 15 is 0 Å². The molecule has 1 N–H and O–H groups in total. The number of pyridine rings is 1. The fourth-order valence-electron chi connectivity index (χ4n) is 2.13. The molecule has 6 nitrogen and oxygen atoms in total. The maximum Gasteiger partial charge on any atom is 0.265 e. The Morgan fingerprint density at radius 1 is 1.26 bits per heavy atom. The predicted molar refractivity (Wildman–Crippen MR) is 92.6 cm³/mol. The van der Waals surface area contributed by atoms with Gasteiger partial charge in [0.25, 0.3) is 5.91 Å². The number of benzene rings is 1. The van der Waals surface area contributed by atoms with E-state index in [1.165, 1.54) is 4.90 Å². The van der Waals surface area contributed by atoms with Gasteiger partial charge in [0.2, 0.25) is 5.91 Å². The van der Waals surface area contributed by atoms with E-state index in [0.29, 0.717) is 17.3 Å². The second-order valence-electron chi connectivity index (χ2n) is 4.79. The van der Waals surface area contributed by atoms with Crippen molar-refractivity contribution in [3.05, 3.63) is 45.5 Å². The minimum Gasteiger partial charge on any atom is -0.482 e. The van der Waals surface area contributed by atoms with Crippen LogP contribution in [0.5, 0.6) is 5.75 Å². The number of hydrogen-bond acceptors (Lipinski definition) is 4. The van der Waals surface area contributed by atoms with Crippen molar-refractivity contribution in [2.75, 3.05) is 23.4 Å². The Kier molecular flexibility index (Phi) is 4.63. The number of carbonyl (C=O) groups excluding carboxylic acids is 2. The van der Waals surface area contributed by atoms with E-state index < -0.39 is 0 Å². The van der Waals surface area contributed by atoms with Crippen LogP contribution >= 0.6 is 31.9 Å². The average Bonchev–Trinajstić information content (AvgIpc) is 2.52. The molecular formula is C15H11Br2N3O3. The van der Waals surface area contributed by atoms with E-state index in [9.17, 15) is 9.59 Å². The van der Waals surface area contributed by atoms with Crippen molar-refractivity contribution in [3.8, 4) is 5.75 Å². The van der Waals surface area contributed by atoms with E-state index in [2.05, 4.69) is 42.2 Å². The topological polar surface area (TPSA) is 71.5 Å². The Labute approximate surface area is 149 Å². The van der Waals surface area contributed by atoms with Crippen LogP contribution in [0, 0.1) is 0 Å². The van der Waals surface area contributed by atoms with Gasteiger partial charge in [-0.05, 0) is 46.3 Å². The molecule has 1 aromatic heterocycles. The highest BCUT2D eigenvalue weighted by Crippen LogP contribution is 2.34. The lowest BCUT2D eigenvalue weighted by molar-refractivity contribution is -0.123. The Hall–Kier alpha value is -1.93. The molecule has 0 unspecified atom stereocenters. The van der Waals surface area contributed by atoms with Crippen molar-refractivity contribution < 1.29 is 14.3 Å². The van der Waals surface area contributed by atoms with Gasteiger partial charge in [-0.2, -0.15) is 0 Å². The summed E-state index contributed by atoms with van der Waals surface area (Å²) >= 11 is 6.63. The van der Waals surface area contributed by atoms with E-state index in [4.69, 9.17) is 4.74 Å². The number of carbonyl (C=O) groups is 2. The Morgan fingerprint density at radius 3 is 2.78 bits per heavy atom. The Bertz CT molecular complexity index is 765. The summed E-state index contributed by atoms with van der Waals surface area (Å²) in [6.07, 6.45) is 1.59. The molecule has 2 heterocycles. The molecule has 8 heteroatoms. The minimum absolute atomic E-state index is 0.0900. The lowest BCUT2D eigenvalue weighted by atomic mass is 10.2. The SMILES string of the molecule is O=C(CN1C(=O)COc2cc(Br)ccc21)Nc1ccc(Br)cn1. The fraction of sp³-hybridized carbons (Fsp3) is 0.133. The summed E-state index contributed by atoms with van der Waals surface area (Å²) in [5.74, 6) is 0.395. The van der Waals surface area contributed by atoms with Crippen molar-refractivity contribution >= 4 is 55.2 Å². The number of fused-ring (bicyclic) bond motifs is 1. The van der Waals surface area contributed by atoms with Crippen LogP contribution in [0.1, 0.15) is 0 Å². The first-order valence-corrected chi connectivity index (χ1v) is 8.25. The molecule has 0 bridgehead atoms. The minimum atomic E-state index is -0.330. The molecule has 2 amide bonds. The summed E-state index contributed by atoms with van der Waals surface area (Å²) in [6.45, 7) is -0.193. The van der Waals surface area contributed by atoms with E-state index in [1.807, 2.05) is 0 Å². The van der Waals surface area contributed by atoms with Crippen LogP contribution in [0.3, 0.4) is 0 Å². The highest BCUT2D eigenvalue weighted by molar-refractivity contribution is 9.10. The largest absolute Gasteiger partial charge is 0.482 e. The first-order valence-electron chi connectivity index (χ1n) is 6.67. The van der Waals surface area contributed by atoms with Gasteiger partial charge in [0.1, 0.15) is 18.1 Å². The maximum absolute atomic E-state index is 12.2. The smallest absolute Gasteiger partial charge is 0.265 e. The molecule has 1 aliphatic heterocycles. The summed E-state index contributed by atoms with van der Waals surface area (Å²) in [5, 5.41) is 2.66. The van der Waals surface area contributed by atoms with Crippen molar-refractivity contribution in [1.29, 1.82) is 0 Å². The van der Waals surface area contributed by atoms with Crippen molar-refractivity contribution in [2.45, 2.75) is 0 Å². The zero-order chi connectivity index (χ0) is 16.4. The second kappa shape index (κ2) is 6.67. The molecule has 3 rings (SSSR count). The van der Waals surface area contributed by atoms with Crippen molar-refractivity contribution in [1.82, 2.24) is 4.98 Å². The second-order valence-corrected chi connectivity index (χ2v) is 6.62. The van der Waals surface area contributed by atoms with Crippen molar-refractivity contribution in [2.24, 2.45) is 0 Å². The summed E-state index contributed by atoms with van der Waals surface area (Å²) < 4.78 is 7.05. The Morgan fingerprint density at radius 2 is 2.04 bits per heavy atom. The standard InChI is InChI=1S/C15H11Br2N3O3/c16-9-1-3-11-12(5-9)23-8-15(22)20(11)7-14(21)19-13-4-2-10(17)6-18-13/h1-6H,7-8H2,(H,18,19,21). The third-order valence-corrected chi connectivity index (χ3v) is 4.12. The molecule has 1 aliphatic rings. The number of nitrogens with zero attached hydrogens (tertiary/aromatic N) is 2. The molecule has 0 aliphatic carbocycles. The lowest BCUT2D eigenvalue weighted by Crippen LogP contribution is -2.43. The maximum atomic E-state index is 12.2. The third-order valence-electron chi connectivity index (χ3n) is 3.16. The summed E-state index contributed by atoms with van der Waals surface area (Å²) in [5.41, 5.74) is 0.573. The zero-order valence-electron chi connectivity index (χ0n) is 11.8. The predicted octanol–water partition coefficient (Wildman–Crippen LogP) is 2.97. The molecule has 0 radical (unpaired) electrons. The number of anilines is 2. The van der Waals surface area contributed by atoms with Crippen LogP contribution in [-0.4, -0.2) is 29.9 Å². The summed E-state index contributed by atoms with van der Waals surface area (Å²) in [6, 6.07) is 8.75. The van der Waals surface area contributed by atoms with Gasteiger partial charge in [-0.15, -0.1) is 0 Å². The number of amides is 2. The van der Waals surface area contributed by atoms with E-state index in [1.54, 1.807) is 36.5 Å². The van der Waals surface area contributed by atoms with Gasteiger partial charge >= 0.3 is 0 Å². The number of nitrogens with one attached hydrogen (secondary N) is 1. The molecule has 1 aromatic carbocycles. The highest BCUT2D eigenvalue weighted by atomic mass is 79.9. The zero-order valence-corrected chi connectivity index (χ0v) is 14.9. The highest BCUT2D eigenvalue weighted by Gasteiger charge is 2.27. The molecule has 0 atom stereocenters. The molecule has 118 valence electrons. The number of hydrogen-bond donors (Lipinski definition) is 1. The number of aromatic nitrogens is 1. The van der Waals surface area contributed by atoms with Gasteiger partial charge in [0.15, 0.2) is 6.61 Å². The number of ether oxygens (including phenoxy) is 1. The van der Waals surface area contributed by atoms with E-state index in [-0.39, 0.29) is 25.0 Å². The molecule has 0 saturated heterocycles. The van der Waals surface area contributed by atoms with Crippen LogP contribution in [-0.2, 0) is 9.59 Å². The molecule has 23 heavy (non-hydrogen) atoms. The third kappa shape index (κ3) is 3.70. The Balaban J connectivity index is 1.75. The van der Waals surface area contributed by atoms with Gasteiger partial charge in [-0.25, -0.2) is 4.98 Å². The van der Waals surface area contributed by atoms with Gasteiger partial charge in [0, 0.05) is 15.1 Å². The molecule has 2 aromatic rings. The first-order chi connectivity index (χ1) is 11.0. The normalized spacial score (nSPS) is 13.3. The first kappa shape index (κ1) is 15.9. The van der Waals surface area contributed by atoms with E-state index in [0.717, 1.165) is 8.95 Å². The van der Waals surface area contributed by atoms with Gasteiger partial charge in [0.05, 0.1) is 5.69 Å². The van der Waals surface area contributed by atoms with Crippen LogP contribution in [0.15, 0.2) is 45.5 Å². The van der Waals surface area contributed by atoms with Gasteiger partial charge < -0.3 is 10.1 Å². The summed E-state index contributed by atoms with van der Waals surface area (Å²) in [4.78, 5) is 29.7. The van der Waals surface area contributed by atoms with Crippen LogP contribution in [0.25, 0.3) is 0 Å². The number of halogens is 2. The van der Waals surface area contributed by atoms with Crippen molar-refractivity contribution in [3.63, 3.8) is 0 Å². The molecule has 0 spiro atoms. The summed E-state index contributed by atoms with van der Waals surface area (Å²) in [7, 11) is 0.